The maximum absolute atomic E-state index is 13.8. The van der Waals surface area contributed by atoms with Gasteiger partial charge in [0.1, 0.15) is 0 Å². The molecule has 1 aromatic carbocycles. The maximum atomic E-state index is 13.8. The fourth-order valence-electron chi connectivity index (χ4n) is 1.53. The highest BCUT2D eigenvalue weighted by atomic mass is 127. The Morgan fingerprint density at radius 2 is 1.84 bits per heavy atom. The molecule has 0 bridgehead atoms. The molecule has 0 aliphatic heterocycles. The van der Waals surface area contributed by atoms with Gasteiger partial charge in [0, 0.05) is 44.9 Å². The van der Waals surface area contributed by atoms with Crippen molar-refractivity contribution in [2.24, 2.45) is 0 Å². The summed E-state index contributed by atoms with van der Waals surface area (Å²) in [6, 6.07) is 11.7. The standard InChI is InChI=1S/C13H9BrF2INO/c14-10-6-2-1-5-9(10)12(13(15,16)17)19-11-7-3-4-8-18-11/h1-8,12H. The monoisotopic (exact) mass is 439 g/mol. The molecule has 6 heteroatoms. The van der Waals surface area contributed by atoms with Crippen molar-refractivity contribution < 1.29 is 13.5 Å². The van der Waals surface area contributed by atoms with Crippen LogP contribution in [0.4, 0.5) is 8.78 Å². The highest BCUT2D eigenvalue weighted by Crippen LogP contribution is 2.42. The maximum Gasteiger partial charge on any atom is 0.336 e. The fraction of sp³-hybridized carbons (Fsp3) is 0.154. The van der Waals surface area contributed by atoms with E-state index in [-0.39, 0.29) is 5.88 Å². The summed E-state index contributed by atoms with van der Waals surface area (Å²) in [5.41, 5.74) is 0.382. The quantitative estimate of drug-likeness (QED) is 0.494. The van der Waals surface area contributed by atoms with Crippen LogP contribution in [-0.2, 0) is 0 Å². The first-order valence-corrected chi connectivity index (χ1v) is 7.24. The third kappa shape index (κ3) is 3.85. The second-order valence-electron chi connectivity index (χ2n) is 3.73. The van der Waals surface area contributed by atoms with E-state index in [0.29, 0.717) is 10.0 Å². The van der Waals surface area contributed by atoms with Gasteiger partial charge in [-0.2, -0.15) is 8.78 Å². The Labute approximate surface area is 131 Å². The van der Waals surface area contributed by atoms with E-state index in [1.807, 2.05) is 0 Å². The van der Waals surface area contributed by atoms with Crippen LogP contribution >= 0.6 is 38.5 Å². The Morgan fingerprint density at radius 3 is 2.42 bits per heavy atom. The first kappa shape index (κ1) is 14.6. The third-order valence-electron chi connectivity index (χ3n) is 2.36. The van der Waals surface area contributed by atoms with Gasteiger partial charge in [-0.05, 0) is 12.1 Å². The number of hydrogen-bond donors (Lipinski definition) is 0. The molecule has 19 heavy (non-hydrogen) atoms. The van der Waals surface area contributed by atoms with Crippen molar-refractivity contribution in [3.63, 3.8) is 0 Å². The smallest absolute Gasteiger partial charge is 0.336 e. The van der Waals surface area contributed by atoms with Crippen molar-refractivity contribution in [3.8, 4) is 5.88 Å². The number of halogens is 4. The van der Waals surface area contributed by atoms with Crippen molar-refractivity contribution >= 4 is 38.5 Å². The van der Waals surface area contributed by atoms with Gasteiger partial charge in [0.05, 0.1) is 0 Å². The van der Waals surface area contributed by atoms with E-state index in [1.54, 1.807) is 42.5 Å². The minimum absolute atomic E-state index is 0.166. The van der Waals surface area contributed by atoms with Crippen LogP contribution in [0.2, 0.25) is 0 Å². The van der Waals surface area contributed by atoms with Gasteiger partial charge in [-0.15, -0.1) is 0 Å². The van der Waals surface area contributed by atoms with Gasteiger partial charge in [-0.1, -0.05) is 40.2 Å². The number of nitrogens with zero attached hydrogens (tertiary/aromatic N) is 1. The molecule has 0 radical (unpaired) electrons. The summed E-state index contributed by atoms with van der Waals surface area (Å²) in [7, 11) is 0. The predicted molar refractivity (Wildman–Crippen MR) is 80.7 cm³/mol. The Morgan fingerprint density at radius 1 is 1.16 bits per heavy atom. The molecule has 2 rings (SSSR count). The summed E-state index contributed by atoms with van der Waals surface area (Å²) in [5, 5.41) is 0. The van der Waals surface area contributed by atoms with Crippen LogP contribution in [0.15, 0.2) is 53.1 Å². The molecule has 0 N–H and O–H groups in total. The van der Waals surface area contributed by atoms with Gasteiger partial charge >= 0.3 is 3.93 Å². The minimum atomic E-state index is -3.06. The number of aromatic nitrogens is 1. The SMILES string of the molecule is FC(F)(I)C(Oc1ccccn1)c1ccccc1Br. The van der Waals surface area contributed by atoms with E-state index in [1.165, 1.54) is 6.20 Å². The molecular formula is C13H9BrF2INO. The molecule has 0 spiro atoms. The molecule has 2 aromatic rings. The van der Waals surface area contributed by atoms with Crippen molar-refractivity contribution in [2.75, 3.05) is 0 Å². The summed E-state index contributed by atoms with van der Waals surface area (Å²) in [5.74, 6) is 0.166. The first-order chi connectivity index (χ1) is 8.98. The fourth-order valence-corrected chi connectivity index (χ4v) is 2.49. The molecule has 1 atom stereocenters. The van der Waals surface area contributed by atoms with Crippen molar-refractivity contribution in [1.82, 2.24) is 4.98 Å². The largest absolute Gasteiger partial charge is 0.462 e. The van der Waals surface area contributed by atoms with Gasteiger partial charge in [-0.25, -0.2) is 4.98 Å². The zero-order valence-electron chi connectivity index (χ0n) is 9.56. The highest BCUT2D eigenvalue weighted by molar-refractivity contribution is 14.1. The van der Waals surface area contributed by atoms with Crippen LogP contribution in [0.1, 0.15) is 11.7 Å². The summed E-state index contributed by atoms with van der Waals surface area (Å²) >= 11 is 4.34. The van der Waals surface area contributed by atoms with Crippen molar-refractivity contribution in [1.29, 1.82) is 0 Å². The van der Waals surface area contributed by atoms with E-state index >= 15 is 0 Å². The molecule has 1 aromatic heterocycles. The zero-order chi connectivity index (χ0) is 13.9. The topological polar surface area (TPSA) is 22.1 Å². The number of ether oxygens (including phenoxy) is 1. The lowest BCUT2D eigenvalue weighted by atomic mass is 10.1. The molecule has 0 saturated heterocycles. The number of alkyl halides is 3. The summed E-state index contributed by atoms with van der Waals surface area (Å²) < 4.78 is 30.4. The van der Waals surface area contributed by atoms with Crippen LogP contribution in [0.5, 0.6) is 5.88 Å². The van der Waals surface area contributed by atoms with Gasteiger partial charge in [0.15, 0.2) is 6.10 Å². The summed E-state index contributed by atoms with van der Waals surface area (Å²) in [4.78, 5) is 3.91. The first-order valence-electron chi connectivity index (χ1n) is 5.37. The van der Waals surface area contributed by atoms with Crippen LogP contribution < -0.4 is 4.74 Å². The molecule has 0 fully saturated rings. The summed E-state index contributed by atoms with van der Waals surface area (Å²) in [6.07, 6.45) is 0.0937. The molecular weight excluding hydrogens is 431 g/mol. The average molecular weight is 440 g/mol. The number of pyridine rings is 1. The normalized spacial score (nSPS) is 13.1. The molecule has 0 amide bonds. The Kier molecular flexibility index (Phi) is 4.72. The molecule has 0 aliphatic rings. The lowest BCUT2D eigenvalue weighted by molar-refractivity contribution is -0.00765. The lowest BCUT2D eigenvalue weighted by Gasteiger charge is -2.24. The average Bonchev–Trinajstić information content (AvgIpc) is 2.37. The minimum Gasteiger partial charge on any atom is -0.462 e. The highest BCUT2D eigenvalue weighted by Gasteiger charge is 2.41. The van der Waals surface area contributed by atoms with Crippen molar-refractivity contribution in [2.45, 2.75) is 10.0 Å². The van der Waals surface area contributed by atoms with Crippen molar-refractivity contribution in [3.05, 3.63) is 58.7 Å². The Bertz CT molecular complexity index is 548. The van der Waals surface area contributed by atoms with E-state index < -0.39 is 10.0 Å². The Balaban J connectivity index is 2.36. The van der Waals surface area contributed by atoms with Gasteiger partial charge in [0.25, 0.3) is 0 Å². The number of hydrogen-bond acceptors (Lipinski definition) is 2. The Hall–Kier alpha value is -0.760. The third-order valence-corrected chi connectivity index (χ3v) is 3.65. The van der Waals surface area contributed by atoms with E-state index in [0.717, 1.165) is 22.6 Å². The molecule has 0 saturated carbocycles. The molecule has 1 heterocycles. The molecule has 1 unspecified atom stereocenters. The number of rotatable bonds is 4. The van der Waals surface area contributed by atoms with Crippen LogP contribution in [0.3, 0.4) is 0 Å². The molecule has 0 aliphatic carbocycles. The van der Waals surface area contributed by atoms with Crippen LogP contribution in [-0.4, -0.2) is 8.91 Å². The second kappa shape index (κ2) is 6.13. The van der Waals surface area contributed by atoms with Gasteiger partial charge in [0.2, 0.25) is 5.88 Å². The lowest BCUT2D eigenvalue weighted by Crippen LogP contribution is -2.25. The van der Waals surface area contributed by atoms with E-state index in [4.69, 9.17) is 4.74 Å². The predicted octanol–water partition coefficient (Wildman–Crippen LogP) is 4.99. The van der Waals surface area contributed by atoms with E-state index in [2.05, 4.69) is 20.9 Å². The number of benzene rings is 1. The van der Waals surface area contributed by atoms with E-state index in [9.17, 15) is 8.78 Å². The zero-order valence-corrected chi connectivity index (χ0v) is 13.3. The summed E-state index contributed by atoms with van der Waals surface area (Å²) in [6.45, 7) is 0. The molecule has 2 nitrogen and oxygen atoms in total. The second-order valence-corrected chi connectivity index (χ2v) is 6.02. The van der Waals surface area contributed by atoms with Gasteiger partial charge in [-0.3, -0.25) is 0 Å². The molecule has 100 valence electrons. The van der Waals surface area contributed by atoms with Crippen LogP contribution in [0.25, 0.3) is 0 Å². The van der Waals surface area contributed by atoms with Crippen LogP contribution in [0, 0.1) is 0 Å². The van der Waals surface area contributed by atoms with Gasteiger partial charge < -0.3 is 4.74 Å².